The van der Waals surface area contributed by atoms with Crippen molar-refractivity contribution in [3.05, 3.63) is 53.6 Å². The maximum Gasteiger partial charge on any atom is 0.422 e. The molecule has 0 unspecified atom stereocenters. The topological polar surface area (TPSA) is 9.23 Å². The molecule has 0 radical (unpaired) electrons. The highest BCUT2D eigenvalue weighted by Gasteiger charge is 2.29. The zero-order valence-electron chi connectivity index (χ0n) is 17.1. The Labute approximate surface area is 174 Å². The summed E-state index contributed by atoms with van der Waals surface area (Å²) in [6.45, 7) is 0.545. The number of rotatable bonds is 7. The molecule has 6 heteroatoms. The van der Waals surface area contributed by atoms with Gasteiger partial charge in [0.25, 0.3) is 0 Å². The fourth-order valence-corrected chi connectivity index (χ4v) is 4.24. The molecule has 0 N–H and O–H groups in total. The van der Waals surface area contributed by atoms with Gasteiger partial charge in [-0.3, -0.25) is 0 Å². The van der Waals surface area contributed by atoms with Gasteiger partial charge in [0.15, 0.2) is 18.2 Å². The van der Waals surface area contributed by atoms with Crippen LogP contribution in [-0.2, 0) is 0 Å². The Balaban J connectivity index is 1.67. The molecule has 1 fully saturated rings. The molecular formula is C24H27F5O. The highest BCUT2D eigenvalue weighted by atomic mass is 19.4. The van der Waals surface area contributed by atoms with Crippen molar-refractivity contribution in [1.29, 1.82) is 0 Å². The van der Waals surface area contributed by atoms with Crippen LogP contribution in [0.4, 0.5) is 22.0 Å². The van der Waals surface area contributed by atoms with Crippen molar-refractivity contribution in [2.75, 3.05) is 6.61 Å². The molecule has 1 saturated carbocycles. The number of halogens is 5. The van der Waals surface area contributed by atoms with E-state index >= 15 is 0 Å². The Morgan fingerprint density at radius 3 is 2.17 bits per heavy atom. The third-order valence-corrected chi connectivity index (χ3v) is 5.94. The molecule has 2 aromatic rings. The van der Waals surface area contributed by atoms with Crippen molar-refractivity contribution >= 4 is 0 Å². The maximum atomic E-state index is 14.4. The Bertz CT molecular complexity index is 821. The van der Waals surface area contributed by atoms with Gasteiger partial charge in [-0.2, -0.15) is 17.6 Å². The third-order valence-electron chi connectivity index (χ3n) is 5.94. The first-order valence-corrected chi connectivity index (χ1v) is 10.6. The fourth-order valence-electron chi connectivity index (χ4n) is 4.24. The van der Waals surface area contributed by atoms with Crippen LogP contribution >= 0.6 is 0 Å². The van der Waals surface area contributed by atoms with Crippen LogP contribution in [0.3, 0.4) is 0 Å². The minimum atomic E-state index is -4.62. The van der Waals surface area contributed by atoms with Crippen LogP contribution in [0.15, 0.2) is 36.4 Å². The molecule has 2 aromatic carbocycles. The summed E-state index contributed by atoms with van der Waals surface area (Å²) in [5.41, 5.74) is 1.68. The molecule has 1 nitrogen and oxygen atoms in total. The molecule has 0 bridgehead atoms. The van der Waals surface area contributed by atoms with Crippen molar-refractivity contribution in [2.24, 2.45) is 5.92 Å². The molecule has 164 valence electrons. The molecular weight excluding hydrogens is 399 g/mol. The van der Waals surface area contributed by atoms with Gasteiger partial charge in [-0.1, -0.05) is 50.5 Å². The Morgan fingerprint density at radius 1 is 0.900 bits per heavy atom. The molecule has 0 saturated heterocycles. The monoisotopic (exact) mass is 426 g/mol. The van der Waals surface area contributed by atoms with E-state index in [-0.39, 0.29) is 5.56 Å². The van der Waals surface area contributed by atoms with E-state index in [4.69, 9.17) is 0 Å². The SMILES string of the molecule is CCCCC1CCC(c2ccc(-c3ccc(OCC(F)(F)F)c(F)c3F)cc2)CC1. The average molecular weight is 426 g/mol. The van der Waals surface area contributed by atoms with E-state index in [0.29, 0.717) is 11.5 Å². The lowest BCUT2D eigenvalue weighted by molar-refractivity contribution is -0.153. The lowest BCUT2D eigenvalue weighted by atomic mass is 9.77. The van der Waals surface area contributed by atoms with E-state index in [1.807, 2.05) is 12.1 Å². The summed E-state index contributed by atoms with van der Waals surface area (Å²) in [4.78, 5) is 0. The summed E-state index contributed by atoms with van der Waals surface area (Å²) in [6.07, 6.45) is 3.93. The second-order valence-corrected chi connectivity index (χ2v) is 8.12. The molecule has 0 aliphatic heterocycles. The van der Waals surface area contributed by atoms with Gasteiger partial charge in [-0.25, -0.2) is 4.39 Å². The first kappa shape index (κ1) is 22.6. The predicted molar refractivity (Wildman–Crippen MR) is 108 cm³/mol. The van der Waals surface area contributed by atoms with Gasteiger partial charge in [0, 0.05) is 5.56 Å². The third kappa shape index (κ3) is 5.73. The first-order valence-electron chi connectivity index (χ1n) is 10.6. The van der Waals surface area contributed by atoms with E-state index in [2.05, 4.69) is 11.7 Å². The zero-order valence-corrected chi connectivity index (χ0v) is 17.1. The van der Waals surface area contributed by atoms with Gasteiger partial charge < -0.3 is 4.74 Å². The quantitative estimate of drug-likeness (QED) is 0.407. The van der Waals surface area contributed by atoms with Crippen molar-refractivity contribution in [2.45, 2.75) is 64.0 Å². The van der Waals surface area contributed by atoms with Crippen molar-refractivity contribution < 1.29 is 26.7 Å². The standard InChI is InChI=1S/C24H27F5O/c1-2-3-4-16-5-7-17(8-6-16)18-9-11-19(12-10-18)20-13-14-21(23(26)22(20)25)30-15-24(27,28)29/h9-14,16-17H,2-8,15H2,1H3. The van der Waals surface area contributed by atoms with Crippen LogP contribution in [0.5, 0.6) is 5.75 Å². The summed E-state index contributed by atoms with van der Waals surface area (Å²) >= 11 is 0. The number of benzene rings is 2. The second-order valence-electron chi connectivity index (χ2n) is 8.12. The largest absolute Gasteiger partial charge is 0.481 e. The fraction of sp³-hybridized carbons (Fsp3) is 0.500. The number of unbranched alkanes of at least 4 members (excludes halogenated alkanes) is 1. The van der Waals surface area contributed by atoms with Gasteiger partial charge in [0.1, 0.15) is 0 Å². The number of ether oxygens (including phenoxy) is 1. The van der Waals surface area contributed by atoms with Crippen LogP contribution in [0.2, 0.25) is 0 Å². The second kappa shape index (κ2) is 9.80. The van der Waals surface area contributed by atoms with Crippen LogP contribution in [0, 0.1) is 17.6 Å². The molecule has 1 aliphatic rings. The summed E-state index contributed by atoms with van der Waals surface area (Å²) in [7, 11) is 0. The molecule has 0 atom stereocenters. The van der Waals surface area contributed by atoms with Crippen LogP contribution in [0.1, 0.15) is 63.4 Å². The van der Waals surface area contributed by atoms with Crippen LogP contribution in [-0.4, -0.2) is 12.8 Å². The minimum Gasteiger partial charge on any atom is -0.481 e. The maximum absolute atomic E-state index is 14.4. The summed E-state index contributed by atoms with van der Waals surface area (Å²) in [6, 6.07) is 9.65. The highest BCUT2D eigenvalue weighted by Crippen LogP contribution is 2.38. The van der Waals surface area contributed by atoms with Crippen molar-refractivity contribution in [3.8, 4) is 16.9 Å². The van der Waals surface area contributed by atoms with Gasteiger partial charge in [-0.05, 0) is 60.8 Å². The molecule has 0 amide bonds. The molecule has 0 aromatic heterocycles. The summed E-state index contributed by atoms with van der Waals surface area (Å²) in [5, 5.41) is 0. The Hall–Kier alpha value is -2.11. The van der Waals surface area contributed by atoms with E-state index in [9.17, 15) is 22.0 Å². The molecule has 0 spiro atoms. The van der Waals surface area contributed by atoms with E-state index in [1.165, 1.54) is 43.7 Å². The molecule has 3 rings (SSSR count). The summed E-state index contributed by atoms with van der Waals surface area (Å²) < 4.78 is 69.7. The normalized spacial score (nSPS) is 19.7. The number of alkyl halides is 3. The first-order chi connectivity index (χ1) is 14.3. The lowest BCUT2D eigenvalue weighted by Crippen LogP contribution is -2.19. The van der Waals surface area contributed by atoms with Gasteiger partial charge in [0.05, 0.1) is 0 Å². The van der Waals surface area contributed by atoms with Gasteiger partial charge >= 0.3 is 6.18 Å². The number of hydrogen-bond donors (Lipinski definition) is 0. The molecule has 1 aliphatic carbocycles. The lowest BCUT2D eigenvalue weighted by Gasteiger charge is -2.29. The summed E-state index contributed by atoms with van der Waals surface area (Å²) in [5.74, 6) is -2.07. The smallest absolute Gasteiger partial charge is 0.422 e. The van der Waals surface area contributed by atoms with Gasteiger partial charge in [0.2, 0.25) is 5.82 Å². The Kier molecular flexibility index (Phi) is 7.37. The van der Waals surface area contributed by atoms with Crippen molar-refractivity contribution in [1.82, 2.24) is 0 Å². The van der Waals surface area contributed by atoms with E-state index in [1.54, 1.807) is 12.1 Å². The van der Waals surface area contributed by atoms with Crippen LogP contribution < -0.4 is 4.74 Å². The van der Waals surface area contributed by atoms with Gasteiger partial charge in [-0.15, -0.1) is 0 Å². The average Bonchev–Trinajstić information content (AvgIpc) is 2.73. The van der Waals surface area contributed by atoms with Crippen LogP contribution in [0.25, 0.3) is 11.1 Å². The molecule has 0 heterocycles. The van der Waals surface area contributed by atoms with Crippen molar-refractivity contribution in [3.63, 3.8) is 0 Å². The van der Waals surface area contributed by atoms with E-state index in [0.717, 1.165) is 24.8 Å². The van der Waals surface area contributed by atoms with E-state index < -0.39 is 30.2 Å². The number of hydrogen-bond acceptors (Lipinski definition) is 1. The Morgan fingerprint density at radius 2 is 1.57 bits per heavy atom. The molecule has 30 heavy (non-hydrogen) atoms. The zero-order chi connectivity index (χ0) is 21.7. The minimum absolute atomic E-state index is 0.00156. The highest BCUT2D eigenvalue weighted by molar-refractivity contribution is 5.65. The predicted octanol–water partition coefficient (Wildman–Crippen LogP) is 8.04.